The molecule has 2 aromatic rings. The number of aliphatic hydroxyl groups is 1. The summed E-state index contributed by atoms with van der Waals surface area (Å²) in [5.74, 6) is 1.09. The molecule has 0 aliphatic carbocycles. The van der Waals surface area contributed by atoms with Crippen LogP contribution in [-0.4, -0.2) is 35.8 Å². The van der Waals surface area contributed by atoms with E-state index in [1.165, 1.54) is 6.07 Å². The van der Waals surface area contributed by atoms with E-state index >= 15 is 0 Å². The third kappa shape index (κ3) is 7.24. The van der Waals surface area contributed by atoms with Gasteiger partial charge in [0, 0.05) is 18.7 Å². The van der Waals surface area contributed by atoms with Crippen molar-refractivity contribution in [3.8, 4) is 5.75 Å². The minimum absolute atomic E-state index is 0.202. The van der Waals surface area contributed by atoms with E-state index in [4.69, 9.17) is 4.74 Å². The number of hydrogen-bond acceptors (Lipinski definition) is 3. The first-order valence-corrected chi connectivity index (χ1v) is 8.86. The predicted octanol–water partition coefficient (Wildman–Crippen LogP) is 4.11. The summed E-state index contributed by atoms with van der Waals surface area (Å²) in [4.78, 5) is 2.09. The Labute approximate surface area is 150 Å². The van der Waals surface area contributed by atoms with E-state index < -0.39 is 6.10 Å². The Morgan fingerprint density at radius 1 is 1.04 bits per heavy atom. The Hall–Kier alpha value is -1.91. The van der Waals surface area contributed by atoms with Gasteiger partial charge in [-0.3, -0.25) is 4.90 Å². The van der Waals surface area contributed by atoms with Crippen molar-refractivity contribution in [3.63, 3.8) is 0 Å². The third-order valence-electron chi connectivity index (χ3n) is 4.03. The minimum Gasteiger partial charge on any atom is -0.491 e. The van der Waals surface area contributed by atoms with Crippen molar-refractivity contribution in [1.82, 2.24) is 4.90 Å². The van der Waals surface area contributed by atoms with Crippen LogP contribution in [0.5, 0.6) is 5.75 Å². The number of ether oxygens (including phenoxy) is 1. The summed E-state index contributed by atoms with van der Waals surface area (Å²) in [5, 5.41) is 10.3. The maximum Gasteiger partial charge on any atom is 0.127 e. The molecular weight excluding hydrogens is 317 g/mol. The van der Waals surface area contributed by atoms with Crippen LogP contribution in [0.3, 0.4) is 0 Å². The lowest BCUT2D eigenvalue weighted by molar-refractivity contribution is 0.0635. The molecule has 3 nitrogen and oxygen atoms in total. The van der Waals surface area contributed by atoms with Crippen molar-refractivity contribution in [2.24, 2.45) is 5.92 Å². The molecule has 0 bridgehead atoms. The zero-order valence-electron chi connectivity index (χ0n) is 15.1. The highest BCUT2D eigenvalue weighted by molar-refractivity contribution is 5.21. The van der Waals surface area contributed by atoms with E-state index in [-0.39, 0.29) is 12.4 Å². The van der Waals surface area contributed by atoms with Crippen molar-refractivity contribution >= 4 is 0 Å². The Balaban J connectivity index is 1.91. The van der Waals surface area contributed by atoms with Gasteiger partial charge in [-0.1, -0.05) is 50.2 Å². The van der Waals surface area contributed by atoms with E-state index in [1.54, 1.807) is 12.1 Å². The molecule has 0 aliphatic rings. The van der Waals surface area contributed by atoms with Crippen molar-refractivity contribution in [3.05, 3.63) is 66.0 Å². The standard InChI is InChI=1S/C21H28FNO2/c1-17(2)12-13-23(14-18-8-6-7-11-21(18)22)15-19(24)16-25-20-9-4-3-5-10-20/h3-11,17,19,24H,12-16H2,1-2H3. The molecule has 0 amide bonds. The average molecular weight is 345 g/mol. The lowest BCUT2D eigenvalue weighted by atomic mass is 10.1. The van der Waals surface area contributed by atoms with Crippen molar-refractivity contribution in [1.29, 1.82) is 0 Å². The van der Waals surface area contributed by atoms with Crippen molar-refractivity contribution in [2.75, 3.05) is 19.7 Å². The number of benzene rings is 2. The van der Waals surface area contributed by atoms with Gasteiger partial charge in [0.15, 0.2) is 0 Å². The predicted molar refractivity (Wildman–Crippen MR) is 99.1 cm³/mol. The Kier molecular flexibility index (Phi) is 7.89. The molecule has 2 aromatic carbocycles. The smallest absolute Gasteiger partial charge is 0.127 e. The third-order valence-corrected chi connectivity index (χ3v) is 4.03. The van der Waals surface area contributed by atoms with Gasteiger partial charge in [-0.05, 0) is 37.1 Å². The summed E-state index contributed by atoms with van der Waals surface area (Å²) in [7, 11) is 0. The summed E-state index contributed by atoms with van der Waals surface area (Å²) < 4.78 is 19.6. The van der Waals surface area contributed by atoms with Gasteiger partial charge in [0.1, 0.15) is 24.3 Å². The van der Waals surface area contributed by atoms with Crippen LogP contribution >= 0.6 is 0 Å². The molecule has 25 heavy (non-hydrogen) atoms. The molecule has 0 aromatic heterocycles. The van der Waals surface area contributed by atoms with Crippen LogP contribution < -0.4 is 4.74 Å². The highest BCUT2D eigenvalue weighted by Crippen LogP contribution is 2.13. The van der Waals surface area contributed by atoms with Gasteiger partial charge >= 0.3 is 0 Å². The van der Waals surface area contributed by atoms with Crippen LogP contribution in [0, 0.1) is 11.7 Å². The maximum atomic E-state index is 13.9. The molecule has 4 heteroatoms. The Bertz CT molecular complexity index is 618. The molecule has 2 rings (SSSR count). The highest BCUT2D eigenvalue weighted by Gasteiger charge is 2.15. The van der Waals surface area contributed by atoms with Crippen LogP contribution in [-0.2, 0) is 6.54 Å². The average Bonchev–Trinajstić information content (AvgIpc) is 2.60. The van der Waals surface area contributed by atoms with Gasteiger partial charge in [-0.15, -0.1) is 0 Å². The van der Waals surface area contributed by atoms with Crippen molar-refractivity contribution < 1.29 is 14.2 Å². The zero-order chi connectivity index (χ0) is 18.1. The van der Waals surface area contributed by atoms with E-state index in [0.717, 1.165) is 18.7 Å². The largest absolute Gasteiger partial charge is 0.491 e. The van der Waals surface area contributed by atoms with Crippen LogP contribution in [0.2, 0.25) is 0 Å². The van der Waals surface area contributed by atoms with Gasteiger partial charge in [-0.25, -0.2) is 4.39 Å². The number of aliphatic hydroxyl groups excluding tert-OH is 1. The fourth-order valence-electron chi connectivity index (χ4n) is 2.60. The first-order chi connectivity index (χ1) is 12.0. The lowest BCUT2D eigenvalue weighted by Crippen LogP contribution is -2.36. The minimum atomic E-state index is -0.626. The summed E-state index contributed by atoms with van der Waals surface area (Å²) >= 11 is 0. The second-order valence-corrected chi connectivity index (χ2v) is 6.79. The fraction of sp³-hybridized carbons (Fsp3) is 0.429. The van der Waals surface area contributed by atoms with Crippen molar-refractivity contribution in [2.45, 2.75) is 32.9 Å². The molecule has 0 aliphatic heterocycles. The van der Waals surface area contributed by atoms with Crippen LogP contribution in [0.4, 0.5) is 4.39 Å². The van der Waals surface area contributed by atoms with E-state index in [0.29, 0.717) is 24.6 Å². The molecule has 0 spiro atoms. The molecular formula is C21H28FNO2. The quantitative estimate of drug-likeness (QED) is 0.703. The SMILES string of the molecule is CC(C)CCN(Cc1ccccc1F)CC(O)COc1ccccc1. The Morgan fingerprint density at radius 2 is 1.72 bits per heavy atom. The summed E-state index contributed by atoms with van der Waals surface area (Å²) in [6.07, 6.45) is 0.375. The van der Waals surface area contributed by atoms with Crippen LogP contribution in [0.25, 0.3) is 0 Å². The normalized spacial score (nSPS) is 12.6. The van der Waals surface area contributed by atoms with Gasteiger partial charge in [0.2, 0.25) is 0 Å². The van der Waals surface area contributed by atoms with Gasteiger partial charge in [-0.2, -0.15) is 0 Å². The van der Waals surface area contributed by atoms with Gasteiger partial charge in [0.05, 0.1) is 0 Å². The first kappa shape index (κ1) is 19.4. The lowest BCUT2D eigenvalue weighted by Gasteiger charge is -2.26. The molecule has 136 valence electrons. The maximum absolute atomic E-state index is 13.9. The number of nitrogens with zero attached hydrogens (tertiary/aromatic N) is 1. The first-order valence-electron chi connectivity index (χ1n) is 8.86. The van der Waals surface area contributed by atoms with Gasteiger partial charge in [0.25, 0.3) is 0 Å². The molecule has 1 N–H and O–H groups in total. The zero-order valence-corrected chi connectivity index (χ0v) is 15.1. The molecule has 1 atom stereocenters. The number of rotatable bonds is 10. The number of halogens is 1. The molecule has 0 radical (unpaired) electrons. The molecule has 0 saturated carbocycles. The van der Waals surface area contributed by atoms with Crippen LogP contribution in [0.1, 0.15) is 25.8 Å². The highest BCUT2D eigenvalue weighted by atomic mass is 19.1. The van der Waals surface area contributed by atoms with Gasteiger partial charge < -0.3 is 9.84 Å². The molecule has 0 heterocycles. The summed E-state index contributed by atoms with van der Waals surface area (Å²) in [6.45, 7) is 6.30. The molecule has 0 fully saturated rings. The topological polar surface area (TPSA) is 32.7 Å². The Morgan fingerprint density at radius 3 is 2.40 bits per heavy atom. The fourth-order valence-corrected chi connectivity index (χ4v) is 2.60. The second kappa shape index (κ2) is 10.2. The summed E-state index contributed by atoms with van der Waals surface area (Å²) in [5.41, 5.74) is 0.655. The number of hydrogen-bond donors (Lipinski definition) is 1. The number of para-hydroxylation sites is 1. The van der Waals surface area contributed by atoms with E-state index in [9.17, 15) is 9.50 Å². The summed E-state index contributed by atoms with van der Waals surface area (Å²) in [6, 6.07) is 16.3. The molecule has 1 unspecified atom stereocenters. The van der Waals surface area contributed by atoms with E-state index in [1.807, 2.05) is 36.4 Å². The molecule has 0 saturated heterocycles. The second-order valence-electron chi connectivity index (χ2n) is 6.79. The van der Waals surface area contributed by atoms with Crippen LogP contribution in [0.15, 0.2) is 54.6 Å². The van der Waals surface area contributed by atoms with E-state index in [2.05, 4.69) is 18.7 Å². The monoisotopic (exact) mass is 345 g/mol.